The molecule has 47 heavy (non-hydrogen) atoms. The van der Waals surface area contributed by atoms with Crippen LogP contribution in [-0.4, -0.2) is 75.5 Å². The first-order chi connectivity index (χ1) is 22.8. The number of anilines is 1. The molecule has 3 N–H and O–H groups in total. The lowest BCUT2D eigenvalue weighted by Gasteiger charge is -2.50. The number of methoxy groups -OCH3 is 2. The third-order valence-electron chi connectivity index (χ3n) is 8.54. The number of carbonyl (C=O) groups excluding carboxylic acids is 1. The smallest absolute Gasteiger partial charge is 0.280 e. The van der Waals surface area contributed by atoms with Crippen LogP contribution in [0.1, 0.15) is 36.8 Å². The average Bonchev–Trinajstić information content (AvgIpc) is 3.54. The molecule has 1 aliphatic heterocycles. The van der Waals surface area contributed by atoms with Gasteiger partial charge in [0, 0.05) is 19.0 Å². The summed E-state index contributed by atoms with van der Waals surface area (Å²) < 4.78 is 19.2. The van der Waals surface area contributed by atoms with Crippen LogP contribution in [0.2, 0.25) is 0 Å². The first-order valence-corrected chi connectivity index (χ1v) is 15.4. The van der Waals surface area contributed by atoms with Crippen molar-refractivity contribution in [2.24, 2.45) is 5.92 Å². The molecule has 0 radical (unpaired) electrons. The molecule has 6 rings (SSSR count). The Bertz CT molecular complexity index is 1840. The number of rotatable bonds is 10. The van der Waals surface area contributed by atoms with Crippen LogP contribution in [0.15, 0.2) is 90.0 Å². The highest BCUT2D eigenvalue weighted by atomic mass is 16.5. The molecule has 0 saturated carbocycles. The van der Waals surface area contributed by atoms with Crippen LogP contribution in [-0.2, 0) is 15.1 Å². The van der Waals surface area contributed by atoms with Crippen molar-refractivity contribution >= 4 is 23.0 Å². The minimum absolute atomic E-state index is 0.0180. The van der Waals surface area contributed by atoms with Gasteiger partial charge in [-0.3, -0.25) is 29.4 Å². The van der Waals surface area contributed by atoms with E-state index in [4.69, 9.17) is 14.2 Å². The molecule has 1 saturated heterocycles. The summed E-state index contributed by atoms with van der Waals surface area (Å²) in [5.41, 5.74) is 1.92. The lowest BCUT2D eigenvalue weighted by atomic mass is 9.75. The van der Waals surface area contributed by atoms with Gasteiger partial charge >= 0.3 is 0 Å². The van der Waals surface area contributed by atoms with Crippen molar-refractivity contribution in [2.45, 2.75) is 31.7 Å². The quantitative estimate of drug-likeness (QED) is 0.194. The normalized spacial score (nSPS) is 17.1. The number of hydrogen-bond donors (Lipinski definition) is 3. The first kappa shape index (κ1) is 31.9. The number of carbonyl (C=O) groups is 1. The largest absolute Gasteiger partial charge is 0.497 e. The van der Waals surface area contributed by atoms with Gasteiger partial charge in [-0.2, -0.15) is 4.98 Å². The molecule has 1 amide bonds. The molecule has 2 atom stereocenters. The summed E-state index contributed by atoms with van der Waals surface area (Å²) in [6.45, 7) is 3.94. The average molecular weight is 639 g/mol. The van der Waals surface area contributed by atoms with Crippen LogP contribution in [0, 0.1) is 5.92 Å². The molecule has 0 aliphatic carbocycles. The van der Waals surface area contributed by atoms with Crippen molar-refractivity contribution in [1.82, 2.24) is 24.4 Å². The maximum Gasteiger partial charge on any atom is 0.280 e. The standard InChI is InChI=1S/C35H38N6O6/c1-22(2)32(43)38-34-37-31-30(33(44)39-34)36-21-41(31)29-19-40(18-28(20-42)47-29)35(23-8-6-5-7-9-23,24-10-14-26(45-3)15-11-24)25-12-16-27(46-4)17-13-25/h5-17,21-22,28-29,42H,18-20H2,1-4H3,(H2,37,38,39,43,44)/t28-,29+/m0/s1. The number of aromatic amines is 1. The van der Waals surface area contributed by atoms with Gasteiger partial charge < -0.3 is 19.3 Å². The van der Waals surface area contributed by atoms with Gasteiger partial charge in [0.1, 0.15) is 17.7 Å². The number of H-pyrrole nitrogens is 1. The number of imidazole rings is 1. The molecule has 2 aromatic heterocycles. The Hall–Kier alpha value is -5.04. The van der Waals surface area contributed by atoms with Gasteiger partial charge in [-0.15, -0.1) is 0 Å². The number of benzene rings is 3. The molecule has 1 aliphatic rings. The SMILES string of the molecule is COc1ccc(C(c2ccccc2)(c2ccc(OC)cc2)N2C[C@@H](CO)O[C@@H](n3cnc4c(=O)[nH]c(NC(=O)C(C)C)nc43)C2)cc1. The molecular formula is C35H38N6O6. The molecule has 12 nitrogen and oxygen atoms in total. The number of morpholine rings is 1. The van der Waals surface area contributed by atoms with E-state index in [1.54, 1.807) is 32.6 Å². The fourth-order valence-corrected chi connectivity index (χ4v) is 6.19. The van der Waals surface area contributed by atoms with Crippen molar-refractivity contribution in [1.29, 1.82) is 0 Å². The van der Waals surface area contributed by atoms with Gasteiger partial charge in [0.25, 0.3) is 5.56 Å². The third-order valence-corrected chi connectivity index (χ3v) is 8.54. The number of nitrogens with zero attached hydrogens (tertiary/aromatic N) is 4. The molecule has 1 fully saturated rings. The highest BCUT2D eigenvalue weighted by Crippen LogP contribution is 2.45. The fourth-order valence-electron chi connectivity index (χ4n) is 6.19. The predicted molar refractivity (Wildman–Crippen MR) is 176 cm³/mol. The van der Waals surface area contributed by atoms with E-state index in [2.05, 4.69) is 37.3 Å². The summed E-state index contributed by atoms with van der Waals surface area (Å²) in [7, 11) is 3.27. The predicted octanol–water partition coefficient (Wildman–Crippen LogP) is 3.92. The van der Waals surface area contributed by atoms with E-state index in [9.17, 15) is 14.7 Å². The highest BCUT2D eigenvalue weighted by Gasteiger charge is 2.46. The first-order valence-electron chi connectivity index (χ1n) is 15.4. The lowest BCUT2D eigenvalue weighted by Crippen LogP contribution is -2.57. The molecule has 5 aromatic rings. The van der Waals surface area contributed by atoms with Gasteiger partial charge in [-0.05, 0) is 41.0 Å². The zero-order chi connectivity index (χ0) is 33.1. The van der Waals surface area contributed by atoms with E-state index in [-0.39, 0.29) is 35.5 Å². The van der Waals surface area contributed by atoms with Crippen LogP contribution < -0.4 is 20.3 Å². The number of ether oxygens (including phenoxy) is 3. The maximum atomic E-state index is 13.0. The maximum absolute atomic E-state index is 13.0. The monoisotopic (exact) mass is 638 g/mol. The van der Waals surface area contributed by atoms with Gasteiger partial charge in [-0.1, -0.05) is 68.4 Å². The zero-order valence-corrected chi connectivity index (χ0v) is 26.7. The fraction of sp³-hybridized carbons (Fsp3) is 0.314. The van der Waals surface area contributed by atoms with E-state index in [1.165, 1.54) is 6.33 Å². The Labute approximate surface area is 272 Å². The van der Waals surface area contributed by atoms with Gasteiger partial charge in [0.15, 0.2) is 11.2 Å². The van der Waals surface area contributed by atoms with Crippen LogP contribution in [0.5, 0.6) is 11.5 Å². The summed E-state index contributed by atoms with van der Waals surface area (Å²) in [4.78, 5) is 39.3. The molecule has 0 bridgehead atoms. The molecule has 3 heterocycles. The summed E-state index contributed by atoms with van der Waals surface area (Å²) in [6, 6.07) is 26.1. The highest BCUT2D eigenvalue weighted by molar-refractivity contribution is 5.91. The number of aliphatic hydroxyl groups is 1. The second kappa shape index (κ2) is 13.4. The van der Waals surface area contributed by atoms with Crippen LogP contribution in [0.3, 0.4) is 0 Å². The second-order valence-electron chi connectivity index (χ2n) is 11.7. The number of aliphatic hydroxyl groups excluding tert-OH is 1. The van der Waals surface area contributed by atoms with Gasteiger partial charge in [-0.25, -0.2) is 4.98 Å². The van der Waals surface area contributed by atoms with E-state index >= 15 is 0 Å². The molecule has 0 unspecified atom stereocenters. The van der Waals surface area contributed by atoms with Crippen LogP contribution in [0.4, 0.5) is 5.95 Å². The van der Waals surface area contributed by atoms with Crippen molar-refractivity contribution in [3.05, 3.63) is 112 Å². The number of aromatic nitrogens is 4. The molecule has 244 valence electrons. The number of fused-ring (bicyclic) bond motifs is 1. The summed E-state index contributed by atoms with van der Waals surface area (Å²) in [5, 5.41) is 13.2. The van der Waals surface area contributed by atoms with Crippen molar-refractivity contribution in [2.75, 3.05) is 39.2 Å². The van der Waals surface area contributed by atoms with Crippen LogP contribution in [0.25, 0.3) is 11.2 Å². The minimum Gasteiger partial charge on any atom is -0.497 e. The lowest BCUT2D eigenvalue weighted by molar-refractivity contribution is -0.148. The van der Waals surface area contributed by atoms with Crippen molar-refractivity contribution in [3.63, 3.8) is 0 Å². The summed E-state index contributed by atoms with van der Waals surface area (Å²) in [6.07, 6.45) is 0.190. The van der Waals surface area contributed by atoms with Crippen molar-refractivity contribution < 1.29 is 24.1 Å². The van der Waals surface area contributed by atoms with Gasteiger partial charge in [0.05, 0.1) is 38.8 Å². The van der Waals surface area contributed by atoms with Crippen molar-refractivity contribution in [3.8, 4) is 11.5 Å². The zero-order valence-electron chi connectivity index (χ0n) is 26.7. The Balaban J connectivity index is 1.53. The van der Waals surface area contributed by atoms with E-state index in [0.29, 0.717) is 13.1 Å². The molecule has 12 heteroatoms. The van der Waals surface area contributed by atoms with Gasteiger partial charge in [0.2, 0.25) is 11.9 Å². The second-order valence-corrected chi connectivity index (χ2v) is 11.7. The summed E-state index contributed by atoms with van der Waals surface area (Å²) in [5.74, 6) is 0.860. The Morgan fingerprint density at radius 1 is 0.979 bits per heavy atom. The molecule has 3 aromatic carbocycles. The summed E-state index contributed by atoms with van der Waals surface area (Å²) >= 11 is 0. The number of hydrogen-bond acceptors (Lipinski definition) is 9. The van der Waals surface area contributed by atoms with E-state index in [1.807, 2.05) is 66.7 Å². The van der Waals surface area contributed by atoms with Crippen LogP contribution >= 0.6 is 0 Å². The Kier molecular flexibility index (Phi) is 9.08. The topological polar surface area (TPSA) is 144 Å². The Morgan fingerprint density at radius 3 is 2.13 bits per heavy atom. The Morgan fingerprint density at radius 2 is 1.57 bits per heavy atom. The number of nitrogens with one attached hydrogen (secondary N) is 2. The molecular weight excluding hydrogens is 600 g/mol. The number of amides is 1. The molecule has 0 spiro atoms. The third kappa shape index (κ3) is 5.98. The van der Waals surface area contributed by atoms with E-state index < -0.39 is 23.4 Å². The van der Waals surface area contributed by atoms with E-state index in [0.717, 1.165) is 28.2 Å². The minimum atomic E-state index is -0.868.